The van der Waals surface area contributed by atoms with Gasteiger partial charge in [-0.3, -0.25) is 5.43 Å². The van der Waals surface area contributed by atoms with Crippen LogP contribution in [0.2, 0.25) is 0 Å². The Labute approximate surface area is 165 Å². The van der Waals surface area contributed by atoms with E-state index in [-0.39, 0.29) is 0 Å². The monoisotopic (exact) mass is 386 g/mol. The zero-order valence-electron chi connectivity index (χ0n) is 16.0. The first-order chi connectivity index (χ1) is 13.1. The van der Waals surface area contributed by atoms with Crippen LogP contribution in [0.4, 0.5) is 5.69 Å². The number of benzene rings is 1. The summed E-state index contributed by atoms with van der Waals surface area (Å²) in [5.41, 5.74) is 7.20. The number of hydrogen-bond acceptors (Lipinski definition) is 4. The normalized spacial score (nSPS) is 16.6. The van der Waals surface area contributed by atoms with Crippen LogP contribution in [0.3, 0.4) is 0 Å². The number of aromatic nitrogens is 1. The summed E-state index contributed by atoms with van der Waals surface area (Å²) in [6.07, 6.45) is 4.41. The highest BCUT2D eigenvalue weighted by molar-refractivity contribution is 7.80. The van der Waals surface area contributed by atoms with Gasteiger partial charge < -0.3 is 19.4 Å². The van der Waals surface area contributed by atoms with Crippen molar-refractivity contribution in [2.45, 2.75) is 39.3 Å². The number of nitrogens with zero attached hydrogens (tertiary/aromatic N) is 2. The van der Waals surface area contributed by atoms with Crippen LogP contribution in [0, 0.1) is 13.8 Å². The zero-order valence-corrected chi connectivity index (χ0v) is 16.8. The first-order valence-electron chi connectivity index (χ1n) is 9.09. The van der Waals surface area contributed by atoms with E-state index >= 15 is 0 Å². The molecule has 2 heterocycles. The lowest BCUT2D eigenvalue weighted by molar-refractivity contribution is 0.0962. The van der Waals surface area contributed by atoms with Gasteiger partial charge in [0.25, 0.3) is 0 Å². The van der Waals surface area contributed by atoms with Crippen LogP contribution in [0.25, 0.3) is 0 Å². The fourth-order valence-corrected chi connectivity index (χ4v) is 3.40. The summed E-state index contributed by atoms with van der Waals surface area (Å²) in [7, 11) is 1.64. The molecule has 1 saturated heterocycles. The van der Waals surface area contributed by atoms with E-state index < -0.39 is 0 Å². The Morgan fingerprint density at radius 3 is 2.81 bits per heavy atom. The molecule has 1 fully saturated rings. The molecule has 0 spiro atoms. The van der Waals surface area contributed by atoms with Gasteiger partial charge in [-0.1, -0.05) is 0 Å². The standard InChI is InChI=1S/C20H26N4O2S/c1-14-11-16(15(2)24(14)13-19-5-4-10-26-19)12-21-23-20(27)22-17-6-8-18(25-3)9-7-17/h6-9,11-12,19H,4-5,10,13H2,1-3H3,(H2,22,23,27)/b21-12-/t19-/m1/s1. The number of methoxy groups -OCH3 is 1. The highest BCUT2D eigenvalue weighted by Crippen LogP contribution is 2.19. The van der Waals surface area contributed by atoms with Crippen molar-refractivity contribution >= 4 is 29.2 Å². The molecule has 0 bridgehead atoms. The van der Waals surface area contributed by atoms with Crippen molar-refractivity contribution in [3.8, 4) is 5.75 Å². The average Bonchev–Trinajstić information content (AvgIpc) is 3.26. The summed E-state index contributed by atoms with van der Waals surface area (Å²) in [5.74, 6) is 0.802. The van der Waals surface area contributed by atoms with E-state index in [0.717, 1.165) is 43.0 Å². The number of thiocarbonyl (C=S) groups is 1. The number of hydrazone groups is 1. The van der Waals surface area contributed by atoms with Crippen LogP contribution in [0.1, 0.15) is 29.8 Å². The molecule has 0 unspecified atom stereocenters. The highest BCUT2D eigenvalue weighted by Gasteiger charge is 2.18. The predicted molar refractivity (Wildman–Crippen MR) is 113 cm³/mol. The highest BCUT2D eigenvalue weighted by atomic mass is 32.1. The number of hydrogen-bond donors (Lipinski definition) is 2. The van der Waals surface area contributed by atoms with Gasteiger partial charge in [0.2, 0.25) is 0 Å². The molecule has 27 heavy (non-hydrogen) atoms. The fraction of sp³-hybridized carbons (Fsp3) is 0.400. The maximum Gasteiger partial charge on any atom is 0.191 e. The predicted octanol–water partition coefficient (Wildman–Crippen LogP) is 3.61. The molecule has 0 saturated carbocycles. The van der Waals surface area contributed by atoms with Gasteiger partial charge in [-0.25, -0.2) is 0 Å². The molecule has 0 aliphatic carbocycles. The first kappa shape index (κ1) is 19.4. The van der Waals surface area contributed by atoms with Crippen molar-refractivity contribution in [3.63, 3.8) is 0 Å². The van der Waals surface area contributed by atoms with Crippen molar-refractivity contribution in [2.24, 2.45) is 5.10 Å². The topological polar surface area (TPSA) is 59.8 Å². The van der Waals surface area contributed by atoms with E-state index in [0.29, 0.717) is 11.2 Å². The molecule has 3 rings (SSSR count). The third-order valence-corrected chi connectivity index (χ3v) is 4.93. The van der Waals surface area contributed by atoms with Crippen molar-refractivity contribution in [3.05, 3.63) is 47.3 Å². The Morgan fingerprint density at radius 2 is 2.15 bits per heavy atom. The molecule has 2 N–H and O–H groups in total. The van der Waals surface area contributed by atoms with E-state index in [4.69, 9.17) is 21.7 Å². The van der Waals surface area contributed by atoms with E-state index in [1.807, 2.05) is 24.3 Å². The molecule has 1 aliphatic rings. The summed E-state index contributed by atoms with van der Waals surface area (Å²) < 4.78 is 13.2. The minimum absolute atomic E-state index is 0.319. The smallest absolute Gasteiger partial charge is 0.191 e. The second-order valence-corrected chi connectivity index (χ2v) is 7.03. The van der Waals surface area contributed by atoms with Gasteiger partial charge in [0.1, 0.15) is 5.75 Å². The molecule has 1 aromatic heterocycles. The summed E-state index contributed by atoms with van der Waals surface area (Å²) in [6, 6.07) is 9.67. The van der Waals surface area contributed by atoms with Crippen molar-refractivity contribution in [2.75, 3.05) is 19.0 Å². The molecular formula is C20H26N4O2S. The third kappa shape index (κ3) is 5.08. The Kier molecular flexibility index (Phi) is 6.47. The molecule has 6 nitrogen and oxygen atoms in total. The number of nitrogens with one attached hydrogen (secondary N) is 2. The van der Waals surface area contributed by atoms with Crippen LogP contribution >= 0.6 is 12.2 Å². The Balaban J connectivity index is 1.56. The van der Waals surface area contributed by atoms with Crippen LogP contribution < -0.4 is 15.5 Å². The van der Waals surface area contributed by atoms with Gasteiger partial charge in [-0.2, -0.15) is 5.10 Å². The number of anilines is 1. The maximum atomic E-state index is 5.76. The van der Waals surface area contributed by atoms with Gasteiger partial charge >= 0.3 is 0 Å². The molecule has 0 radical (unpaired) electrons. The van der Waals surface area contributed by atoms with Crippen molar-refractivity contribution < 1.29 is 9.47 Å². The third-order valence-electron chi connectivity index (χ3n) is 4.74. The van der Waals surface area contributed by atoms with Crippen LogP contribution in [-0.2, 0) is 11.3 Å². The van der Waals surface area contributed by atoms with Crippen LogP contribution in [0.5, 0.6) is 5.75 Å². The molecule has 2 aromatic rings. The first-order valence-corrected chi connectivity index (χ1v) is 9.50. The van der Waals surface area contributed by atoms with Crippen molar-refractivity contribution in [1.29, 1.82) is 0 Å². The number of ether oxygens (including phenoxy) is 2. The molecule has 7 heteroatoms. The lowest BCUT2D eigenvalue weighted by Crippen LogP contribution is -2.23. The van der Waals surface area contributed by atoms with E-state index in [9.17, 15) is 0 Å². The van der Waals surface area contributed by atoms with Crippen molar-refractivity contribution in [1.82, 2.24) is 9.99 Å². The summed E-state index contributed by atoms with van der Waals surface area (Å²) in [4.78, 5) is 0. The zero-order chi connectivity index (χ0) is 19.2. The molecule has 0 amide bonds. The average molecular weight is 387 g/mol. The second-order valence-electron chi connectivity index (χ2n) is 6.62. The molecule has 144 valence electrons. The van der Waals surface area contributed by atoms with Crippen LogP contribution in [-0.4, -0.2) is 35.7 Å². The maximum absolute atomic E-state index is 5.76. The summed E-state index contributed by atoms with van der Waals surface area (Å²) in [5, 5.41) is 7.79. The van der Waals surface area contributed by atoms with Crippen LogP contribution in [0.15, 0.2) is 35.4 Å². The minimum Gasteiger partial charge on any atom is -0.497 e. The lowest BCUT2D eigenvalue weighted by atomic mass is 10.2. The van der Waals surface area contributed by atoms with Gasteiger partial charge in [-0.05, 0) is 69.2 Å². The van der Waals surface area contributed by atoms with E-state index in [1.54, 1.807) is 13.3 Å². The minimum atomic E-state index is 0.319. The number of aryl methyl sites for hydroxylation is 1. The lowest BCUT2D eigenvalue weighted by Gasteiger charge is -2.14. The van der Waals surface area contributed by atoms with Gasteiger partial charge in [0.05, 0.1) is 19.4 Å². The van der Waals surface area contributed by atoms with Gasteiger partial charge in [0, 0.05) is 35.8 Å². The Hall–Kier alpha value is -2.38. The SMILES string of the molecule is COc1ccc(NC(=S)N/N=C\c2cc(C)n(C[C@H]3CCCO3)c2C)cc1. The molecule has 1 atom stereocenters. The Morgan fingerprint density at radius 1 is 1.37 bits per heavy atom. The molecule has 1 aromatic carbocycles. The molecule has 1 aliphatic heterocycles. The second kappa shape index (κ2) is 9.01. The van der Waals surface area contributed by atoms with E-state index in [2.05, 4.69) is 40.3 Å². The summed E-state index contributed by atoms with van der Waals surface area (Å²) in [6.45, 7) is 6.00. The molecular weight excluding hydrogens is 360 g/mol. The largest absolute Gasteiger partial charge is 0.497 e. The number of rotatable bonds is 6. The van der Waals surface area contributed by atoms with E-state index in [1.165, 1.54) is 11.4 Å². The summed E-state index contributed by atoms with van der Waals surface area (Å²) >= 11 is 5.28. The Bertz CT molecular complexity index is 808. The quantitative estimate of drug-likeness (QED) is 0.451. The van der Waals surface area contributed by atoms with Gasteiger partial charge in [-0.15, -0.1) is 0 Å². The van der Waals surface area contributed by atoms with Gasteiger partial charge in [0.15, 0.2) is 5.11 Å². The fourth-order valence-electron chi connectivity index (χ4n) is 3.23.